The molecule has 0 saturated carbocycles. The van der Waals surface area contributed by atoms with Crippen molar-refractivity contribution in [1.29, 1.82) is 0 Å². The first-order valence-corrected chi connectivity index (χ1v) is 13.3. The standard InChI is InChI=1S/C32H26BBrO2/c1-31(2)32(3,4)36-33(35-31)28-18-17-26-25-16-15-21(19-11-13-20(34)14-12-19)22-7-5-8-23(29(22)25)24-9-6-10-27(28)30(24)26/h5-18H,1-4H3. The summed E-state index contributed by atoms with van der Waals surface area (Å²) in [5.41, 5.74) is 2.82. The molecule has 0 radical (unpaired) electrons. The molecule has 6 aromatic rings. The quantitative estimate of drug-likeness (QED) is 0.126. The van der Waals surface area contributed by atoms with Crippen LogP contribution in [0.1, 0.15) is 27.7 Å². The molecule has 1 saturated heterocycles. The second-order valence-electron chi connectivity index (χ2n) is 10.9. The SMILES string of the molecule is CC1(C)OB(c2ccc3c4ccc(-c5ccc(Br)cc5)c5cccc(c6cccc2c63)c54)OC1(C)C. The van der Waals surface area contributed by atoms with Crippen LogP contribution >= 0.6 is 15.9 Å². The summed E-state index contributed by atoms with van der Waals surface area (Å²) in [5, 5.41) is 10.2. The van der Waals surface area contributed by atoms with Crippen LogP contribution in [0.5, 0.6) is 0 Å². The monoisotopic (exact) mass is 532 g/mol. The molecule has 36 heavy (non-hydrogen) atoms. The lowest BCUT2D eigenvalue weighted by Gasteiger charge is -2.32. The third-order valence-electron chi connectivity index (χ3n) is 8.36. The minimum atomic E-state index is -0.392. The van der Waals surface area contributed by atoms with Crippen LogP contribution in [-0.2, 0) is 9.31 Å². The molecule has 1 aliphatic rings. The largest absolute Gasteiger partial charge is 0.495 e. The summed E-state index contributed by atoms with van der Waals surface area (Å²) in [5.74, 6) is 0. The highest BCUT2D eigenvalue weighted by atomic mass is 79.9. The normalized spacial score (nSPS) is 17.2. The molecule has 0 unspecified atom stereocenters. The van der Waals surface area contributed by atoms with Gasteiger partial charge in [-0.1, -0.05) is 88.7 Å². The molecule has 1 fully saturated rings. The van der Waals surface area contributed by atoms with Crippen molar-refractivity contribution < 1.29 is 9.31 Å². The molecule has 2 nitrogen and oxygen atoms in total. The first-order valence-electron chi connectivity index (χ1n) is 12.5. The van der Waals surface area contributed by atoms with Gasteiger partial charge in [-0.05, 0) is 99.5 Å². The van der Waals surface area contributed by atoms with E-state index < -0.39 is 7.12 Å². The van der Waals surface area contributed by atoms with Crippen molar-refractivity contribution in [2.75, 3.05) is 0 Å². The predicted octanol–water partition coefficient (Wildman–Crippen LogP) is 8.47. The van der Waals surface area contributed by atoms with E-state index in [2.05, 4.69) is 129 Å². The molecule has 0 aliphatic carbocycles. The smallest absolute Gasteiger partial charge is 0.399 e. The molecule has 0 aromatic heterocycles. The summed E-state index contributed by atoms with van der Waals surface area (Å²) in [6.07, 6.45) is 0. The van der Waals surface area contributed by atoms with Crippen LogP contribution < -0.4 is 5.46 Å². The Labute approximate surface area is 219 Å². The molecule has 1 aliphatic heterocycles. The van der Waals surface area contributed by atoms with Crippen LogP contribution in [0, 0.1) is 0 Å². The first kappa shape index (κ1) is 22.3. The van der Waals surface area contributed by atoms with E-state index >= 15 is 0 Å². The van der Waals surface area contributed by atoms with E-state index in [1.165, 1.54) is 54.2 Å². The highest BCUT2D eigenvalue weighted by Crippen LogP contribution is 2.43. The van der Waals surface area contributed by atoms with Crippen LogP contribution in [0.3, 0.4) is 0 Å². The molecule has 0 N–H and O–H groups in total. The summed E-state index contributed by atoms with van der Waals surface area (Å²) >= 11 is 3.57. The molecular formula is C32H26BBrO2. The van der Waals surface area contributed by atoms with Crippen molar-refractivity contribution in [1.82, 2.24) is 0 Å². The highest BCUT2D eigenvalue weighted by molar-refractivity contribution is 9.10. The van der Waals surface area contributed by atoms with Crippen LogP contribution in [-0.4, -0.2) is 18.3 Å². The van der Waals surface area contributed by atoms with Gasteiger partial charge in [-0.3, -0.25) is 0 Å². The number of hydrogen-bond donors (Lipinski definition) is 0. The maximum Gasteiger partial charge on any atom is 0.495 e. The third-order valence-corrected chi connectivity index (χ3v) is 8.89. The summed E-state index contributed by atoms with van der Waals surface area (Å²) < 4.78 is 14.0. The summed E-state index contributed by atoms with van der Waals surface area (Å²) in [6, 6.07) is 30.9. The van der Waals surface area contributed by atoms with Crippen molar-refractivity contribution in [3.63, 3.8) is 0 Å². The maximum absolute atomic E-state index is 6.46. The van der Waals surface area contributed by atoms with Crippen LogP contribution in [0.4, 0.5) is 0 Å². The zero-order valence-corrected chi connectivity index (χ0v) is 22.4. The van der Waals surface area contributed by atoms with Crippen LogP contribution in [0.2, 0.25) is 0 Å². The summed E-state index contributed by atoms with van der Waals surface area (Å²) in [6.45, 7) is 8.44. The topological polar surface area (TPSA) is 18.5 Å². The Morgan fingerprint density at radius 3 is 1.69 bits per heavy atom. The van der Waals surface area contributed by atoms with E-state index in [-0.39, 0.29) is 11.2 Å². The summed E-state index contributed by atoms with van der Waals surface area (Å²) in [7, 11) is -0.392. The Hall–Kier alpha value is -2.92. The average Bonchev–Trinajstić information content (AvgIpc) is 3.09. The fourth-order valence-corrected chi connectivity index (χ4v) is 6.05. The van der Waals surface area contributed by atoms with Gasteiger partial charge in [0.25, 0.3) is 0 Å². The van der Waals surface area contributed by atoms with E-state index in [1.54, 1.807) is 0 Å². The Balaban J connectivity index is 1.53. The van der Waals surface area contributed by atoms with Crippen molar-refractivity contribution >= 4 is 71.6 Å². The minimum absolute atomic E-state index is 0.376. The molecule has 1 heterocycles. The fraction of sp³-hybridized carbons (Fsp3) is 0.188. The van der Waals surface area contributed by atoms with Gasteiger partial charge in [0.2, 0.25) is 0 Å². The molecule has 176 valence electrons. The maximum atomic E-state index is 6.46. The molecule has 7 rings (SSSR count). The average molecular weight is 533 g/mol. The molecule has 0 amide bonds. The molecule has 0 bridgehead atoms. The second kappa shape index (κ2) is 7.55. The third kappa shape index (κ3) is 3.05. The number of hydrogen-bond acceptors (Lipinski definition) is 2. The lowest BCUT2D eigenvalue weighted by Crippen LogP contribution is -2.41. The van der Waals surface area contributed by atoms with Gasteiger partial charge in [-0.2, -0.15) is 0 Å². The van der Waals surface area contributed by atoms with Gasteiger partial charge >= 0.3 is 7.12 Å². The number of benzene rings is 6. The zero-order chi connectivity index (χ0) is 24.8. The molecule has 0 spiro atoms. The van der Waals surface area contributed by atoms with E-state index in [9.17, 15) is 0 Å². The zero-order valence-electron chi connectivity index (χ0n) is 20.9. The molecule has 4 heteroatoms. The van der Waals surface area contributed by atoms with Crippen LogP contribution in [0.25, 0.3) is 54.2 Å². The Morgan fingerprint density at radius 1 is 0.556 bits per heavy atom. The Bertz CT molecular complexity index is 1770. The van der Waals surface area contributed by atoms with Gasteiger partial charge in [0.1, 0.15) is 0 Å². The Morgan fingerprint density at radius 2 is 1.06 bits per heavy atom. The van der Waals surface area contributed by atoms with Crippen molar-refractivity contribution in [2.45, 2.75) is 38.9 Å². The number of rotatable bonds is 2. The highest BCUT2D eigenvalue weighted by Gasteiger charge is 2.52. The van der Waals surface area contributed by atoms with Gasteiger partial charge in [-0.25, -0.2) is 0 Å². The number of halogens is 1. The van der Waals surface area contributed by atoms with Crippen molar-refractivity contribution in [3.05, 3.63) is 89.4 Å². The lowest BCUT2D eigenvalue weighted by molar-refractivity contribution is 0.00578. The minimum Gasteiger partial charge on any atom is -0.399 e. The van der Waals surface area contributed by atoms with Crippen LogP contribution in [0.15, 0.2) is 89.4 Å². The van der Waals surface area contributed by atoms with Gasteiger partial charge in [-0.15, -0.1) is 0 Å². The molecule has 6 aromatic carbocycles. The first-order chi connectivity index (χ1) is 17.2. The van der Waals surface area contributed by atoms with Gasteiger partial charge < -0.3 is 9.31 Å². The van der Waals surface area contributed by atoms with E-state index in [4.69, 9.17) is 9.31 Å². The lowest BCUT2D eigenvalue weighted by atomic mass is 9.74. The van der Waals surface area contributed by atoms with Crippen molar-refractivity contribution in [2.24, 2.45) is 0 Å². The molecule has 0 atom stereocenters. The molecular weight excluding hydrogens is 507 g/mol. The van der Waals surface area contributed by atoms with E-state index in [0.717, 1.165) is 9.94 Å². The second-order valence-corrected chi connectivity index (χ2v) is 11.8. The fourth-order valence-electron chi connectivity index (χ4n) is 5.79. The number of fused-ring (bicyclic) bond motifs is 2. The van der Waals surface area contributed by atoms with Crippen molar-refractivity contribution in [3.8, 4) is 11.1 Å². The Kier molecular flexibility index (Phi) is 4.68. The van der Waals surface area contributed by atoms with E-state index in [1.807, 2.05) is 0 Å². The predicted molar refractivity (Wildman–Crippen MR) is 157 cm³/mol. The van der Waals surface area contributed by atoms with Gasteiger partial charge in [0.05, 0.1) is 11.2 Å². The summed E-state index contributed by atoms with van der Waals surface area (Å²) in [4.78, 5) is 0. The van der Waals surface area contributed by atoms with Gasteiger partial charge in [0.15, 0.2) is 0 Å². The van der Waals surface area contributed by atoms with E-state index in [0.29, 0.717) is 0 Å². The van der Waals surface area contributed by atoms with Gasteiger partial charge in [0, 0.05) is 4.47 Å².